The van der Waals surface area contributed by atoms with Gasteiger partial charge < -0.3 is 14.7 Å². The second-order valence-corrected chi connectivity index (χ2v) is 8.25. The van der Waals surface area contributed by atoms with Gasteiger partial charge >= 0.3 is 0 Å². The van der Waals surface area contributed by atoms with Gasteiger partial charge in [-0.25, -0.2) is 0 Å². The second kappa shape index (κ2) is 9.38. The largest absolute Gasteiger partial charge is 0.512 e. The number of allylic oxidation sites excluding steroid dienone is 2. The molecule has 4 nitrogen and oxygen atoms in total. The third-order valence-electron chi connectivity index (χ3n) is 5.72. The standard InChI is InChI=1S/C24H15N2.C5H8O2.Ir/c1-15-13-19-23-21(14-15)26(16-7-3-2-4-8-16)20-11-5-9-17(22(20)23)18-10-6-12-25-24(18)19;1-4(6)3-5(2)7;/h2-12,14H,1H3;3,6H,1-2H3;/q-1;;/b;4-3-;. The van der Waals surface area contributed by atoms with Crippen LogP contribution in [0.5, 0.6) is 0 Å². The molecule has 0 fully saturated rings. The molecule has 2 aromatic heterocycles. The summed E-state index contributed by atoms with van der Waals surface area (Å²) in [6.07, 6.45) is 3.04. The number of ketones is 1. The molecule has 0 saturated carbocycles. The van der Waals surface area contributed by atoms with Crippen LogP contribution in [0.4, 0.5) is 0 Å². The molecule has 171 valence electrons. The Morgan fingerprint density at radius 3 is 2.35 bits per heavy atom. The minimum Gasteiger partial charge on any atom is -0.512 e. The van der Waals surface area contributed by atoms with Crippen molar-refractivity contribution in [3.8, 4) is 5.69 Å². The predicted molar refractivity (Wildman–Crippen MR) is 135 cm³/mol. The number of benzene rings is 4. The van der Waals surface area contributed by atoms with Crippen LogP contribution >= 0.6 is 0 Å². The molecule has 0 unspecified atom stereocenters. The topological polar surface area (TPSA) is 55.1 Å². The summed E-state index contributed by atoms with van der Waals surface area (Å²) in [5.74, 6) is -0.0625. The first-order chi connectivity index (χ1) is 16.0. The number of aryl methyl sites for hydroxylation is 1. The molecule has 1 radical (unpaired) electrons. The molecule has 6 rings (SSSR count). The van der Waals surface area contributed by atoms with E-state index in [-0.39, 0.29) is 31.6 Å². The first kappa shape index (κ1) is 23.6. The Labute approximate surface area is 211 Å². The Hall–Kier alpha value is -3.53. The number of aliphatic hydroxyl groups is 1. The summed E-state index contributed by atoms with van der Waals surface area (Å²) in [4.78, 5) is 14.7. The second-order valence-electron chi connectivity index (χ2n) is 8.25. The number of rotatable bonds is 2. The van der Waals surface area contributed by atoms with Crippen molar-refractivity contribution in [3.63, 3.8) is 0 Å². The van der Waals surface area contributed by atoms with Gasteiger partial charge in [0.05, 0.1) is 5.76 Å². The van der Waals surface area contributed by atoms with Crippen LogP contribution in [0.25, 0.3) is 49.2 Å². The molecular weight excluding hydrogens is 601 g/mol. The Balaban J connectivity index is 0.000000303. The maximum absolute atomic E-state index is 10.0. The van der Waals surface area contributed by atoms with Crippen molar-refractivity contribution in [2.24, 2.45) is 0 Å². The van der Waals surface area contributed by atoms with E-state index >= 15 is 0 Å². The van der Waals surface area contributed by atoms with Crippen molar-refractivity contribution >= 4 is 49.3 Å². The van der Waals surface area contributed by atoms with Crippen molar-refractivity contribution in [1.82, 2.24) is 9.55 Å². The Morgan fingerprint density at radius 1 is 0.941 bits per heavy atom. The van der Waals surface area contributed by atoms with E-state index in [0.717, 1.165) is 16.5 Å². The zero-order valence-electron chi connectivity index (χ0n) is 19.1. The maximum Gasteiger partial charge on any atom is 0.155 e. The van der Waals surface area contributed by atoms with Crippen molar-refractivity contribution in [2.45, 2.75) is 20.8 Å². The number of aromatic nitrogens is 2. The van der Waals surface area contributed by atoms with E-state index in [2.05, 4.69) is 78.2 Å². The fraction of sp³-hybridized carbons (Fsp3) is 0.103. The van der Waals surface area contributed by atoms with Gasteiger partial charge in [0.2, 0.25) is 0 Å². The quantitative estimate of drug-likeness (QED) is 0.0972. The van der Waals surface area contributed by atoms with E-state index in [1.54, 1.807) is 0 Å². The fourth-order valence-electron chi connectivity index (χ4n) is 4.62. The molecule has 0 aliphatic rings. The number of pyridine rings is 1. The number of hydrogen-bond donors (Lipinski definition) is 1. The van der Waals surface area contributed by atoms with E-state index in [0.29, 0.717) is 0 Å². The third-order valence-corrected chi connectivity index (χ3v) is 5.72. The van der Waals surface area contributed by atoms with Crippen molar-refractivity contribution < 1.29 is 30.0 Å². The summed E-state index contributed by atoms with van der Waals surface area (Å²) in [5, 5.41) is 14.5. The molecule has 5 heteroatoms. The number of fused-ring (bicyclic) bond motifs is 3. The number of nitrogens with zero attached hydrogens (tertiary/aromatic N) is 2. The van der Waals surface area contributed by atoms with E-state index in [1.807, 2.05) is 12.3 Å². The third kappa shape index (κ3) is 3.98. The van der Waals surface area contributed by atoms with E-state index in [4.69, 9.17) is 10.1 Å². The van der Waals surface area contributed by atoms with Gasteiger partial charge in [0.25, 0.3) is 0 Å². The van der Waals surface area contributed by atoms with E-state index in [9.17, 15) is 4.79 Å². The zero-order chi connectivity index (χ0) is 23.1. The number of carbonyl (C=O) groups is 1. The van der Waals surface area contributed by atoms with Crippen LogP contribution in [0.15, 0.2) is 84.8 Å². The average Bonchev–Trinajstić information content (AvgIpc) is 3.12. The Bertz CT molecular complexity index is 1660. The van der Waals surface area contributed by atoms with Gasteiger partial charge in [-0.2, -0.15) is 0 Å². The summed E-state index contributed by atoms with van der Waals surface area (Å²) in [5.41, 5.74) is 5.80. The number of para-hydroxylation sites is 1. The number of aliphatic hydroxyl groups excluding tert-OH is 1. The minimum absolute atomic E-state index is 0. The van der Waals surface area contributed by atoms with E-state index < -0.39 is 0 Å². The summed E-state index contributed by atoms with van der Waals surface area (Å²) in [6.45, 7) is 4.96. The average molecular weight is 624 g/mol. The van der Waals surface area contributed by atoms with Crippen molar-refractivity contribution in [2.75, 3.05) is 0 Å². The molecule has 0 amide bonds. The first-order valence-corrected chi connectivity index (χ1v) is 10.8. The van der Waals surface area contributed by atoms with Crippen LogP contribution < -0.4 is 0 Å². The van der Waals surface area contributed by atoms with Gasteiger partial charge in [-0.05, 0) is 65.3 Å². The van der Waals surface area contributed by atoms with Gasteiger partial charge in [-0.15, -0.1) is 23.1 Å². The van der Waals surface area contributed by atoms with Crippen LogP contribution in [0.1, 0.15) is 19.4 Å². The molecule has 0 saturated heterocycles. The SMILES string of the molecule is CC(=O)/C=C(/C)O.Cc1[c-]c2c3ncccc3c3cccc4c3c2c(c1)n4-c1ccccc1.[Ir]. The van der Waals surface area contributed by atoms with Crippen LogP contribution in [0.3, 0.4) is 0 Å². The monoisotopic (exact) mass is 624 g/mol. The smallest absolute Gasteiger partial charge is 0.155 e. The predicted octanol–water partition coefficient (Wildman–Crippen LogP) is 7.07. The summed E-state index contributed by atoms with van der Waals surface area (Å²) >= 11 is 0. The molecule has 1 N–H and O–H groups in total. The van der Waals surface area contributed by atoms with Crippen LogP contribution in [0, 0.1) is 13.0 Å². The summed E-state index contributed by atoms with van der Waals surface area (Å²) < 4.78 is 2.37. The molecule has 34 heavy (non-hydrogen) atoms. The fourth-order valence-corrected chi connectivity index (χ4v) is 4.62. The molecule has 4 aromatic carbocycles. The van der Waals surface area contributed by atoms with Crippen LogP contribution in [-0.4, -0.2) is 20.4 Å². The van der Waals surface area contributed by atoms with Gasteiger partial charge in [0.15, 0.2) is 5.78 Å². The molecular formula is C29H23IrN2O2-. The van der Waals surface area contributed by atoms with Crippen LogP contribution in [-0.2, 0) is 24.9 Å². The molecule has 0 aliphatic carbocycles. The molecule has 0 aliphatic heterocycles. The normalized spacial score (nSPS) is 11.6. The maximum atomic E-state index is 10.0. The molecule has 0 spiro atoms. The zero-order valence-corrected chi connectivity index (χ0v) is 21.5. The molecule has 6 aromatic rings. The first-order valence-electron chi connectivity index (χ1n) is 10.8. The van der Waals surface area contributed by atoms with E-state index in [1.165, 1.54) is 58.2 Å². The Morgan fingerprint density at radius 2 is 1.68 bits per heavy atom. The molecule has 0 bridgehead atoms. The molecule has 0 atom stereocenters. The Kier molecular flexibility index (Phi) is 6.51. The number of hydrogen-bond acceptors (Lipinski definition) is 3. The van der Waals surface area contributed by atoms with Gasteiger partial charge in [-0.3, -0.25) is 4.79 Å². The van der Waals surface area contributed by atoms with Gasteiger partial charge in [0.1, 0.15) is 0 Å². The molecule has 2 heterocycles. The van der Waals surface area contributed by atoms with Gasteiger partial charge in [-0.1, -0.05) is 48.7 Å². The summed E-state index contributed by atoms with van der Waals surface area (Å²) in [6, 6.07) is 27.2. The summed E-state index contributed by atoms with van der Waals surface area (Å²) in [7, 11) is 0. The number of carbonyl (C=O) groups excluding carboxylic acids is 1. The van der Waals surface area contributed by atoms with Crippen LogP contribution in [0.2, 0.25) is 0 Å². The van der Waals surface area contributed by atoms with Crippen molar-refractivity contribution in [1.29, 1.82) is 0 Å². The van der Waals surface area contributed by atoms with Gasteiger partial charge in [0, 0.05) is 43.6 Å². The minimum atomic E-state index is -0.125. The van der Waals surface area contributed by atoms with Crippen molar-refractivity contribution in [3.05, 3.63) is 96.4 Å².